The zero-order chi connectivity index (χ0) is 21.9. The van der Waals surface area contributed by atoms with Crippen molar-refractivity contribution in [1.29, 1.82) is 0 Å². The summed E-state index contributed by atoms with van der Waals surface area (Å²) in [6, 6.07) is 23.6. The molecule has 0 aliphatic heterocycles. The molecule has 0 aliphatic carbocycles. The fraction of sp³-hybridized carbons (Fsp3) is 0.0769. The number of aryl methyl sites for hydroxylation is 1. The van der Waals surface area contributed by atoms with Gasteiger partial charge in [-0.3, -0.25) is 0 Å². The van der Waals surface area contributed by atoms with Crippen molar-refractivity contribution in [3.63, 3.8) is 0 Å². The van der Waals surface area contributed by atoms with Gasteiger partial charge in [0.1, 0.15) is 30.3 Å². The number of fused-ring (bicyclic) bond motifs is 1. The van der Waals surface area contributed by atoms with Gasteiger partial charge in [0.2, 0.25) is 0 Å². The number of aromatic nitrogens is 2. The van der Waals surface area contributed by atoms with E-state index in [0.29, 0.717) is 23.2 Å². The Morgan fingerprint density at radius 3 is 2.72 bits per heavy atom. The van der Waals surface area contributed by atoms with Crippen LogP contribution in [0.15, 0.2) is 89.8 Å². The Hall–Kier alpha value is -3.83. The topological polar surface area (TPSA) is 60.2 Å². The first-order chi connectivity index (χ1) is 15.7. The lowest BCUT2D eigenvalue weighted by Crippen LogP contribution is -1.98. The summed E-state index contributed by atoms with van der Waals surface area (Å²) in [5.74, 6) is 2.11. The second-order valence-electron chi connectivity index (χ2n) is 7.48. The van der Waals surface area contributed by atoms with Crippen LogP contribution < -0.4 is 10.1 Å². The van der Waals surface area contributed by atoms with Gasteiger partial charge in [0.15, 0.2) is 0 Å². The van der Waals surface area contributed by atoms with E-state index >= 15 is 0 Å². The second kappa shape index (κ2) is 8.73. The van der Waals surface area contributed by atoms with Crippen molar-refractivity contribution in [2.75, 3.05) is 5.32 Å². The van der Waals surface area contributed by atoms with Gasteiger partial charge in [-0.2, -0.15) is 0 Å². The van der Waals surface area contributed by atoms with Gasteiger partial charge in [-0.15, -0.1) is 0 Å². The standard InChI is InChI=1S/C26H20ClN3O2/c1-17-4-2-5-18(12-17)15-32-25-10-8-20(14-22(25)27)30-26-21-13-19(24-6-3-11-31-24)7-9-23(21)28-16-29-26/h2-14,16H,15H2,1H3,(H,28,29,30). The highest BCUT2D eigenvalue weighted by atomic mass is 35.5. The van der Waals surface area contributed by atoms with Crippen molar-refractivity contribution in [2.45, 2.75) is 13.5 Å². The summed E-state index contributed by atoms with van der Waals surface area (Å²) in [7, 11) is 0. The summed E-state index contributed by atoms with van der Waals surface area (Å²) in [5.41, 5.74) is 4.90. The fourth-order valence-corrected chi connectivity index (χ4v) is 3.78. The van der Waals surface area contributed by atoms with Crippen LogP contribution in [0.2, 0.25) is 5.02 Å². The van der Waals surface area contributed by atoms with Crippen LogP contribution in [0.1, 0.15) is 11.1 Å². The molecule has 5 rings (SSSR count). The largest absolute Gasteiger partial charge is 0.487 e. The summed E-state index contributed by atoms with van der Waals surface area (Å²) >= 11 is 6.49. The molecule has 5 aromatic rings. The van der Waals surface area contributed by atoms with Gasteiger partial charge in [-0.1, -0.05) is 41.4 Å². The third-order valence-electron chi connectivity index (χ3n) is 5.11. The van der Waals surface area contributed by atoms with E-state index < -0.39 is 0 Å². The molecule has 0 spiro atoms. The first kappa shape index (κ1) is 20.1. The van der Waals surface area contributed by atoms with Gasteiger partial charge < -0.3 is 14.5 Å². The first-order valence-electron chi connectivity index (χ1n) is 10.2. The predicted octanol–water partition coefficient (Wildman–Crippen LogP) is 7.17. The number of ether oxygens (including phenoxy) is 1. The van der Waals surface area contributed by atoms with E-state index in [1.165, 1.54) is 11.9 Å². The van der Waals surface area contributed by atoms with Gasteiger partial charge in [0, 0.05) is 16.6 Å². The molecule has 3 aromatic carbocycles. The quantitative estimate of drug-likeness (QED) is 0.302. The smallest absolute Gasteiger partial charge is 0.141 e. The molecule has 0 radical (unpaired) electrons. The van der Waals surface area contributed by atoms with Crippen molar-refractivity contribution >= 4 is 34.0 Å². The number of halogens is 1. The third kappa shape index (κ3) is 4.29. The maximum absolute atomic E-state index is 6.49. The molecular weight excluding hydrogens is 422 g/mol. The molecule has 0 saturated heterocycles. The highest BCUT2D eigenvalue weighted by Gasteiger charge is 2.10. The number of furan rings is 1. The molecule has 158 valence electrons. The molecule has 0 bridgehead atoms. The van der Waals surface area contributed by atoms with Crippen molar-refractivity contribution in [3.8, 4) is 17.1 Å². The number of rotatable bonds is 6. The highest BCUT2D eigenvalue weighted by Crippen LogP contribution is 2.32. The Morgan fingerprint density at radius 2 is 1.91 bits per heavy atom. The van der Waals surface area contributed by atoms with E-state index in [0.717, 1.165) is 33.5 Å². The molecule has 0 fully saturated rings. The van der Waals surface area contributed by atoms with Crippen LogP contribution in [0, 0.1) is 6.92 Å². The predicted molar refractivity (Wildman–Crippen MR) is 127 cm³/mol. The number of benzene rings is 3. The van der Waals surface area contributed by atoms with Crippen molar-refractivity contribution in [3.05, 3.63) is 102 Å². The lowest BCUT2D eigenvalue weighted by molar-refractivity contribution is 0.306. The summed E-state index contributed by atoms with van der Waals surface area (Å²) in [6.07, 6.45) is 3.20. The molecule has 0 saturated carbocycles. The number of nitrogens with zero attached hydrogens (tertiary/aromatic N) is 2. The minimum Gasteiger partial charge on any atom is -0.487 e. The van der Waals surface area contributed by atoms with E-state index in [4.69, 9.17) is 20.8 Å². The number of hydrogen-bond acceptors (Lipinski definition) is 5. The SMILES string of the molecule is Cc1cccc(COc2ccc(Nc3ncnc4ccc(-c5ccco5)cc34)cc2Cl)c1. The number of anilines is 2. The zero-order valence-electron chi connectivity index (χ0n) is 17.4. The van der Waals surface area contributed by atoms with Gasteiger partial charge >= 0.3 is 0 Å². The molecule has 0 aliphatic rings. The summed E-state index contributed by atoms with van der Waals surface area (Å²) in [5, 5.41) is 4.76. The fourth-order valence-electron chi connectivity index (χ4n) is 3.55. The van der Waals surface area contributed by atoms with E-state index in [-0.39, 0.29) is 0 Å². The van der Waals surface area contributed by atoms with Crippen LogP contribution in [0.25, 0.3) is 22.2 Å². The Morgan fingerprint density at radius 1 is 0.969 bits per heavy atom. The van der Waals surface area contributed by atoms with E-state index in [1.54, 1.807) is 6.26 Å². The Bertz CT molecular complexity index is 1380. The molecule has 5 nitrogen and oxygen atoms in total. The average molecular weight is 442 g/mol. The molecule has 0 unspecified atom stereocenters. The molecule has 6 heteroatoms. The Labute approximate surface area is 190 Å². The molecule has 2 aromatic heterocycles. The minimum absolute atomic E-state index is 0.459. The maximum atomic E-state index is 6.49. The third-order valence-corrected chi connectivity index (χ3v) is 5.41. The van der Waals surface area contributed by atoms with Crippen LogP contribution in [0.4, 0.5) is 11.5 Å². The normalized spacial score (nSPS) is 10.9. The molecule has 2 heterocycles. The van der Waals surface area contributed by atoms with Crippen molar-refractivity contribution in [1.82, 2.24) is 9.97 Å². The highest BCUT2D eigenvalue weighted by molar-refractivity contribution is 6.32. The van der Waals surface area contributed by atoms with Crippen LogP contribution in [-0.4, -0.2) is 9.97 Å². The second-order valence-corrected chi connectivity index (χ2v) is 7.89. The van der Waals surface area contributed by atoms with Crippen LogP contribution in [0.3, 0.4) is 0 Å². The number of nitrogens with one attached hydrogen (secondary N) is 1. The summed E-state index contributed by atoms with van der Waals surface area (Å²) in [4.78, 5) is 8.80. The van der Waals surface area contributed by atoms with Gasteiger partial charge in [0.25, 0.3) is 0 Å². The Kier molecular flexibility index (Phi) is 5.48. The van der Waals surface area contributed by atoms with Crippen LogP contribution in [0.5, 0.6) is 5.75 Å². The molecule has 32 heavy (non-hydrogen) atoms. The van der Waals surface area contributed by atoms with E-state index in [9.17, 15) is 0 Å². The van der Waals surface area contributed by atoms with E-state index in [1.807, 2.05) is 60.7 Å². The number of hydrogen-bond donors (Lipinski definition) is 1. The monoisotopic (exact) mass is 441 g/mol. The van der Waals surface area contributed by atoms with Crippen molar-refractivity contribution in [2.24, 2.45) is 0 Å². The molecule has 1 N–H and O–H groups in total. The average Bonchev–Trinajstić information content (AvgIpc) is 3.34. The van der Waals surface area contributed by atoms with Crippen LogP contribution in [-0.2, 0) is 6.61 Å². The summed E-state index contributed by atoms with van der Waals surface area (Å²) < 4.78 is 11.4. The summed E-state index contributed by atoms with van der Waals surface area (Å²) in [6.45, 7) is 2.52. The maximum Gasteiger partial charge on any atom is 0.141 e. The van der Waals surface area contributed by atoms with E-state index in [2.05, 4.69) is 34.3 Å². The van der Waals surface area contributed by atoms with Crippen molar-refractivity contribution < 1.29 is 9.15 Å². The van der Waals surface area contributed by atoms with Gasteiger partial charge in [-0.25, -0.2) is 9.97 Å². The first-order valence-corrected chi connectivity index (χ1v) is 10.6. The lowest BCUT2D eigenvalue weighted by atomic mass is 10.1. The van der Waals surface area contributed by atoms with Gasteiger partial charge in [-0.05, 0) is 61.0 Å². The molecule has 0 amide bonds. The molecule has 0 atom stereocenters. The molecular formula is C26H20ClN3O2. The lowest BCUT2D eigenvalue weighted by Gasteiger charge is -2.12. The van der Waals surface area contributed by atoms with Crippen LogP contribution >= 0.6 is 11.6 Å². The zero-order valence-corrected chi connectivity index (χ0v) is 18.1. The Balaban J connectivity index is 1.38. The minimum atomic E-state index is 0.459. The van der Waals surface area contributed by atoms with Gasteiger partial charge in [0.05, 0.1) is 16.8 Å².